The molecular formula is C80H108O28Os. The maximum absolute atomic E-state index is 13.2. The van der Waals surface area contributed by atoms with Crippen molar-refractivity contribution in [3.05, 3.63) is 168 Å². The minimum absolute atomic E-state index is 0.0179. The van der Waals surface area contributed by atoms with E-state index in [-0.39, 0.29) is 135 Å². The van der Waals surface area contributed by atoms with Gasteiger partial charge in [-0.3, -0.25) is 0 Å². The average Bonchev–Trinajstić information content (AvgIpc) is 0.804. The van der Waals surface area contributed by atoms with E-state index in [4.69, 9.17) is 72.5 Å². The standard InChI is InChI=1S/C40H58O16.C40H50O8.4O.Os/c41-23-33(45)9-1-5-13-53-37(49)29-17-27(18-30(21-29)38(50)54-14-6-2-10-34(46)24-42)28-19-31(39(51)55-15-7-3-11-35(47)25-43)22-32(20-28)40(52)56-16-8-4-12-36(48)26-44;1-5-9-13-17-21-45-37(41)33-25-31(26-34(29-33)38(42)46-22-18-14-10-6-2)32-27-35(39(43)47-23-19-15-11-7-3)30-36(28-32)40(44)48-24-20-16-12-8-4;;;;;/h17-22,33-36,41-48H,1-16,23-26H2;5-8,25-30H,1-4,9-24H2;;;;;. The van der Waals surface area contributed by atoms with E-state index in [9.17, 15) is 58.8 Å². The predicted octanol–water partition coefficient (Wildman–Crippen LogP) is 11.0. The van der Waals surface area contributed by atoms with E-state index in [1.165, 1.54) is 48.5 Å². The Morgan fingerprint density at radius 2 is 0.404 bits per heavy atom. The molecule has 4 aromatic rings. The second-order valence-electron chi connectivity index (χ2n) is 25.1. The first-order valence-electron chi connectivity index (χ1n) is 36.4. The molecule has 4 aromatic carbocycles. The number of hydrogen-bond acceptors (Lipinski definition) is 28. The summed E-state index contributed by atoms with van der Waals surface area (Å²) in [5.41, 5.74) is 1.69. The van der Waals surface area contributed by atoms with Gasteiger partial charge in [-0.25, -0.2) is 38.4 Å². The van der Waals surface area contributed by atoms with Crippen molar-refractivity contribution < 1.29 is 146 Å². The molecule has 0 aliphatic carbocycles. The van der Waals surface area contributed by atoms with Crippen molar-refractivity contribution in [3.8, 4) is 22.3 Å². The Balaban J connectivity index is 0.000000703. The third-order valence-corrected chi connectivity index (χ3v) is 15.9. The molecule has 0 bridgehead atoms. The summed E-state index contributed by atoms with van der Waals surface area (Å²) >= 11 is -6.06. The molecule has 0 heterocycles. The number of carbonyl (C=O) groups is 8. The van der Waals surface area contributed by atoms with E-state index in [1.807, 2.05) is 0 Å². The van der Waals surface area contributed by atoms with Crippen molar-refractivity contribution in [3.63, 3.8) is 0 Å². The zero-order valence-electron chi connectivity index (χ0n) is 61.9. The number of hydrogen-bond donors (Lipinski definition) is 8. The Hall–Kier alpha value is -8.88. The number of aliphatic hydroxyl groups is 8. The van der Waals surface area contributed by atoms with E-state index in [1.54, 1.807) is 48.6 Å². The zero-order valence-corrected chi connectivity index (χ0v) is 64.5. The van der Waals surface area contributed by atoms with E-state index in [0.29, 0.717) is 114 Å². The van der Waals surface area contributed by atoms with Gasteiger partial charge in [-0.05, 0) is 249 Å². The summed E-state index contributed by atoms with van der Waals surface area (Å²) in [6.07, 6.45) is 17.5. The summed E-state index contributed by atoms with van der Waals surface area (Å²) in [6, 6.07) is 17.4. The molecule has 109 heavy (non-hydrogen) atoms. The molecule has 0 aliphatic rings. The molecule has 0 saturated carbocycles. The Labute approximate surface area is 638 Å². The SMILES string of the molecule is C=CCCCCOC(=O)c1cc(C(=O)OCCCCC=C)cc(-c2cc(C(=O)OCCCCC=C)cc(C(=O)OCCCCC=C)c2)c1.O=C(OCCCCC(O)CO)c1cc(C(=O)OCCCCC(O)CO)cc(-c2cc(C(=O)OCCCCC(O)CO)cc(C(=O)OCCCCC(O)CO)c2)c1.[O]=[Os](=[O])(=[O])=[O]. The fourth-order valence-corrected chi connectivity index (χ4v) is 9.96. The molecular weight excluding hydrogens is 1600 g/mol. The molecule has 4 rings (SSSR count). The number of carbonyl (C=O) groups excluding carboxylic acids is 8. The van der Waals surface area contributed by atoms with Crippen molar-refractivity contribution in [1.82, 2.24) is 0 Å². The number of aliphatic hydroxyl groups excluding tert-OH is 8. The van der Waals surface area contributed by atoms with Crippen molar-refractivity contribution in [2.45, 2.75) is 179 Å². The molecule has 0 amide bonds. The number of unbranched alkanes of at least 4 members (excludes halogenated alkanes) is 12. The second-order valence-corrected chi connectivity index (χ2v) is 27.6. The van der Waals surface area contributed by atoms with Gasteiger partial charge >= 0.3 is 76.8 Å². The molecule has 0 aliphatic heterocycles. The summed E-state index contributed by atoms with van der Waals surface area (Å²) in [4.78, 5) is 106. The number of allylic oxidation sites excluding steroid dienone is 4. The van der Waals surface area contributed by atoms with Crippen LogP contribution < -0.4 is 0 Å². The van der Waals surface area contributed by atoms with Crippen molar-refractivity contribution >= 4 is 47.8 Å². The molecule has 0 radical (unpaired) electrons. The summed E-state index contributed by atoms with van der Waals surface area (Å²) in [5, 5.41) is 74.4. The number of benzene rings is 4. The van der Waals surface area contributed by atoms with E-state index in [2.05, 4.69) is 26.3 Å². The molecule has 0 aromatic heterocycles. The molecule has 0 spiro atoms. The minimum atomic E-state index is -6.06. The first kappa shape index (κ1) is 96.2. The van der Waals surface area contributed by atoms with Crippen molar-refractivity contribution in [2.75, 3.05) is 79.3 Å². The third-order valence-electron chi connectivity index (χ3n) is 15.9. The van der Waals surface area contributed by atoms with Crippen LogP contribution in [-0.4, -0.2) is 192 Å². The Kier molecular flexibility index (Phi) is 50.5. The van der Waals surface area contributed by atoms with E-state index >= 15 is 0 Å². The van der Waals surface area contributed by atoms with Crippen molar-refractivity contribution in [1.29, 1.82) is 0 Å². The average molecular weight is 1710 g/mol. The van der Waals surface area contributed by atoms with Gasteiger partial charge in [0.25, 0.3) is 0 Å². The van der Waals surface area contributed by atoms with Crippen LogP contribution in [0.5, 0.6) is 0 Å². The van der Waals surface area contributed by atoms with Crippen LogP contribution in [0.25, 0.3) is 22.3 Å². The van der Waals surface area contributed by atoms with Gasteiger partial charge in [0.1, 0.15) is 0 Å². The van der Waals surface area contributed by atoms with Gasteiger partial charge in [0.05, 0.1) is 148 Å². The van der Waals surface area contributed by atoms with Crippen molar-refractivity contribution in [2.24, 2.45) is 0 Å². The van der Waals surface area contributed by atoms with Crippen LogP contribution in [0.4, 0.5) is 0 Å². The predicted molar refractivity (Wildman–Crippen MR) is 393 cm³/mol. The Morgan fingerprint density at radius 1 is 0.266 bits per heavy atom. The summed E-state index contributed by atoms with van der Waals surface area (Å²) in [6.45, 7) is 14.0. The van der Waals surface area contributed by atoms with Gasteiger partial charge in [-0.15, -0.1) is 26.3 Å². The van der Waals surface area contributed by atoms with Gasteiger partial charge in [0.15, 0.2) is 0 Å². The first-order chi connectivity index (χ1) is 52.2. The number of esters is 8. The van der Waals surface area contributed by atoms with E-state index in [0.717, 1.165) is 51.4 Å². The second kappa shape index (κ2) is 57.2. The summed E-state index contributed by atoms with van der Waals surface area (Å²) in [7, 11) is 0. The molecule has 4 unspecified atom stereocenters. The van der Waals surface area contributed by atoms with Gasteiger partial charge in [-0.1, -0.05) is 24.3 Å². The monoisotopic (exact) mass is 1710 g/mol. The van der Waals surface area contributed by atoms with Gasteiger partial charge in [0.2, 0.25) is 0 Å². The number of ether oxygens (including phenoxy) is 8. The normalized spacial score (nSPS) is 12.0. The topological polar surface area (TPSA) is 441 Å². The van der Waals surface area contributed by atoms with Gasteiger partial charge < -0.3 is 78.7 Å². The van der Waals surface area contributed by atoms with Crippen LogP contribution in [-0.2, 0) is 66.9 Å². The molecule has 604 valence electrons. The van der Waals surface area contributed by atoms with Crippen LogP contribution in [0.3, 0.4) is 0 Å². The molecule has 8 N–H and O–H groups in total. The maximum atomic E-state index is 13.2. The van der Waals surface area contributed by atoms with Crippen LogP contribution in [0.1, 0.15) is 237 Å². The molecule has 0 fully saturated rings. The molecule has 0 saturated heterocycles. The van der Waals surface area contributed by atoms with Gasteiger partial charge in [-0.2, -0.15) is 0 Å². The Bertz CT molecular complexity index is 3310. The quantitative estimate of drug-likeness (QED) is 0.00881. The summed E-state index contributed by atoms with van der Waals surface area (Å²) in [5.74, 6) is -5.56. The third kappa shape index (κ3) is 43.2. The fraction of sp³-hybridized carbons (Fsp3) is 0.500. The molecule has 4 atom stereocenters. The molecule has 28 nitrogen and oxygen atoms in total. The van der Waals surface area contributed by atoms with Crippen LogP contribution in [0, 0.1) is 0 Å². The number of rotatable bonds is 54. The van der Waals surface area contributed by atoms with E-state index < -0.39 is 87.0 Å². The molecule has 29 heteroatoms. The Morgan fingerprint density at radius 3 is 0.532 bits per heavy atom. The fourth-order valence-electron chi connectivity index (χ4n) is 9.96. The van der Waals surface area contributed by atoms with Crippen LogP contribution >= 0.6 is 0 Å². The first-order valence-corrected chi connectivity index (χ1v) is 40.6. The zero-order chi connectivity index (χ0) is 80.8. The van der Waals surface area contributed by atoms with Crippen LogP contribution in [0.15, 0.2) is 123 Å². The van der Waals surface area contributed by atoms with Gasteiger partial charge in [0, 0.05) is 0 Å². The summed E-state index contributed by atoms with van der Waals surface area (Å²) < 4.78 is 78.2. The van der Waals surface area contributed by atoms with Crippen LogP contribution in [0.2, 0.25) is 0 Å².